The van der Waals surface area contributed by atoms with Gasteiger partial charge in [0.15, 0.2) is 5.96 Å². The number of aliphatic imine (C=N–C) groups is 1. The molecule has 1 aromatic heterocycles. The molecule has 2 aliphatic rings. The lowest BCUT2D eigenvalue weighted by molar-refractivity contribution is 0.0530. The largest absolute Gasteiger partial charge is 0.381 e. The maximum atomic E-state index is 6.62. The Bertz CT molecular complexity index is 880. The van der Waals surface area contributed by atoms with Gasteiger partial charge in [0, 0.05) is 62.4 Å². The second-order valence-corrected chi connectivity index (χ2v) is 8.83. The molecule has 1 aromatic carbocycles. The Labute approximate surface area is 207 Å². The van der Waals surface area contributed by atoms with Crippen molar-refractivity contribution in [3.05, 3.63) is 52.8 Å². The molecule has 3 heterocycles. The van der Waals surface area contributed by atoms with Crippen LogP contribution in [0.3, 0.4) is 0 Å². The maximum absolute atomic E-state index is 6.62. The summed E-state index contributed by atoms with van der Waals surface area (Å²) in [4.78, 5) is 7.53. The van der Waals surface area contributed by atoms with Gasteiger partial charge in [-0.2, -0.15) is 5.10 Å². The molecule has 4 rings (SSSR count). The van der Waals surface area contributed by atoms with Crippen molar-refractivity contribution < 1.29 is 4.74 Å². The third kappa shape index (κ3) is 5.54. The van der Waals surface area contributed by atoms with Gasteiger partial charge in [0.05, 0.1) is 12.7 Å². The number of rotatable bonds is 5. The minimum atomic E-state index is -0.0697. The number of benzene rings is 1. The van der Waals surface area contributed by atoms with Crippen molar-refractivity contribution >= 4 is 41.5 Å². The molecule has 0 radical (unpaired) electrons. The van der Waals surface area contributed by atoms with Gasteiger partial charge in [-0.05, 0) is 43.4 Å². The number of aryl methyl sites for hydroxylation is 1. The molecule has 0 saturated carbocycles. The average molecular weight is 558 g/mol. The Morgan fingerprint density at radius 1 is 1.32 bits per heavy atom. The topological polar surface area (TPSA) is 54.7 Å². The van der Waals surface area contributed by atoms with Crippen LogP contribution in [0, 0.1) is 0 Å². The molecule has 0 bridgehead atoms. The maximum Gasteiger partial charge on any atom is 0.193 e. The summed E-state index contributed by atoms with van der Waals surface area (Å²) in [6, 6.07) is 8.22. The molecule has 6 nitrogen and oxygen atoms in total. The van der Waals surface area contributed by atoms with Crippen LogP contribution in [0.25, 0.3) is 0 Å². The van der Waals surface area contributed by atoms with Crippen LogP contribution in [0.1, 0.15) is 43.2 Å². The number of ether oxygens (including phenoxy) is 1. The molecule has 1 unspecified atom stereocenters. The van der Waals surface area contributed by atoms with Crippen LogP contribution in [0.4, 0.5) is 0 Å². The molecular weight excluding hydrogens is 525 g/mol. The van der Waals surface area contributed by atoms with Gasteiger partial charge in [0.1, 0.15) is 0 Å². The van der Waals surface area contributed by atoms with Gasteiger partial charge in [0.2, 0.25) is 0 Å². The van der Waals surface area contributed by atoms with E-state index in [0.29, 0.717) is 5.92 Å². The van der Waals surface area contributed by atoms with Crippen LogP contribution in [0.2, 0.25) is 5.02 Å². The number of guanidine groups is 1. The lowest BCUT2D eigenvalue weighted by Gasteiger charge is -2.37. The molecule has 2 aromatic rings. The number of likely N-dealkylation sites (tertiary alicyclic amines) is 1. The van der Waals surface area contributed by atoms with Crippen LogP contribution in [-0.2, 0) is 17.2 Å². The summed E-state index contributed by atoms with van der Waals surface area (Å²) < 4.78 is 7.56. The summed E-state index contributed by atoms with van der Waals surface area (Å²) in [7, 11) is 1.98. The normalized spacial score (nSPS) is 21.1. The fourth-order valence-electron chi connectivity index (χ4n) is 4.69. The minimum Gasteiger partial charge on any atom is -0.381 e. The van der Waals surface area contributed by atoms with E-state index in [2.05, 4.69) is 40.6 Å². The van der Waals surface area contributed by atoms with E-state index in [9.17, 15) is 0 Å². The van der Waals surface area contributed by atoms with Crippen LogP contribution >= 0.6 is 35.6 Å². The van der Waals surface area contributed by atoms with Gasteiger partial charge >= 0.3 is 0 Å². The van der Waals surface area contributed by atoms with Gasteiger partial charge in [-0.3, -0.25) is 9.67 Å². The van der Waals surface area contributed by atoms with Gasteiger partial charge in [-0.15, -0.1) is 24.0 Å². The zero-order valence-electron chi connectivity index (χ0n) is 18.4. The lowest BCUT2D eigenvalue weighted by atomic mass is 9.74. The fourth-order valence-corrected chi connectivity index (χ4v) is 5.03. The second kappa shape index (κ2) is 11.0. The zero-order valence-corrected chi connectivity index (χ0v) is 21.5. The Kier molecular flexibility index (Phi) is 8.64. The molecule has 0 spiro atoms. The molecule has 2 aliphatic heterocycles. The van der Waals surface area contributed by atoms with Crippen molar-refractivity contribution in [3.63, 3.8) is 0 Å². The first-order valence-electron chi connectivity index (χ1n) is 11.0. The number of nitrogens with one attached hydrogen (secondary N) is 1. The highest BCUT2D eigenvalue weighted by Gasteiger charge is 2.36. The predicted octanol–water partition coefficient (Wildman–Crippen LogP) is 4.19. The Morgan fingerprint density at radius 2 is 2.10 bits per heavy atom. The van der Waals surface area contributed by atoms with Crippen LogP contribution in [-0.4, -0.2) is 60.0 Å². The summed E-state index contributed by atoms with van der Waals surface area (Å²) in [5.74, 6) is 1.50. The Balaban J connectivity index is 0.00000272. The highest BCUT2D eigenvalue weighted by atomic mass is 127. The van der Waals surface area contributed by atoms with E-state index in [1.807, 2.05) is 30.1 Å². The third-order valence-electron chi connectivity index (χ3n) is 6.45. The molecule has 1 atom stereocenters. The molecule has 31 heavy (non-hydrogen) atoms. The van der Waals surface area contributed by atoms with E-state index in [1.54, 1.807) is 0 Å². The summed E-state index contributed by atoms with van der Waals surface area (Å²) >= 11 is 6.62. The molecule has 2 fully saturated rings. The van der Waals surface area contributed by atoms with Gasteiger partial charge in [-0.1, -0.05) is 29.8 Å². The first-order chi connectivity index (χ1) is 14.6. The SMILES string of the molecule is CCNC(=NCC1(c2ccccc2Cl)CCOCC1)N1CCC(c2cnn(C)c2)C1.I. The van der Waals surface area contributed by atoms with Crippen LogP contribution in [0.15, 0.2) is 41.7 Å². The predicted molar refractivity (Wildman–Crippen MR) is 137 cm³/mol. The standard InChI is InChI=1S/C23H32ClN5O.HI/c1-3-25-22(29-11-8-18(16-29)19-14-27-28(2)15-19)26-17-23(9-12-30-13-10-23)20-6-4-5-7-21(20)24;/h4-7,14-15,18H,3,8-13,16-17H2,1-2H3,(H,25,26);1H. The molecule has 1 N–H and O–H groups in total. The van der Waals surface area contributed by atoms with E-state index in [1.165, 1.54) is 11.1 Å². The number of nitrogens with zero attached hydrogens (tertiary/aromatic N) is 4. The zero-order chi connectivity index (χ0) is 21.0. The molecule has 8 heteroatoms. The number of hydrogen-bond acceptors (Lipinski definition) is 3. The molecule has 170 valence electrons. The number of aromatic nitrogens is 2. The first kappa shape index (κ1) is 24.3. The van der Waals surface area contributed by atoms with Crippen LogP contribution in [0.5, 0.6) is 0 Å². The summed E-state index contributed by atoms with van der Waals surface area (Å²) in [5.41, 5.74) is 2.44. The van der Waals surface area contributed by atoms with E-state index in [-0.39, 0.29) is 29.4 Å². The average Bonchev–Trinajstić information content (AvgIpc) is 3.41. The second-order valence-electron chi connectivity index (χ2n) is 8.42. The van der Waals surface area contributed by atoms with Gasteiger partial charge < -0.3 is 15.0 Å². The minimum absolute atomic E-state index is 0. The van der Waals surface area contributed by atoms with E-state index >= 15 is 0 Å². The fraction of sp³-hybridized carbons (Fsp3) is 0.565. The highest BCUT2D eigenvalue weighted by molar-refractivity contribution is 14.0. The van der Waals surface area contributed by atoms with Gasteiger partial charge in [0.25, 0.3) is 0 Å². The first-order valence-corrected chi connectivity index (χ1v) is 11.3. The Morgan fingerprint density at radius 3 is 2.77 bits per heavy atom. The lowest BCUT2D eigenvalue weighted by Crippen LogP contribution is -2.42. The van der Waals surface area contributed by atoms with Crippen molar-refractivity contribution in [3.8, 4) is 0 Å². The monoisotopic (exact) mass is 557 g/mol. The van der Waals surface area contributed by atoms with Crippen molar-refractivity contribution in [2.24, 2.45) is 12.0 Å². The third-order valence-corrected chi connectivity index (χ3v) is 6.78. The Hall–Kier alpha value is -1.32. The number of hydrogen-bond donors (Lipinski definition) is 1. The number of halogens is 2. The molecule has 0 amide bonds. The van der Waals surface area contributed by atoms with E-state index < -0.39 is 0 Å². The highest BCUT2D eigenvalue weighted by Crippen LogP contribution is 2.39. The van der Waals surface area contributed by atoms with Crippen LogP contribution < -0.4 is 5.32 Å². The van der Waals surface area contributed by atoms with Crippen molar-refractivity contribution in [2.75, 3.05) is 39.4 Å². The molecular formula is C23H33ClIN5O. The van der Waals surface area contributed by atoms with E-state index in [4.69, 9.17) is 21.3 Å². The smallest absolute Gasteiger partial charge is 0.193 e. The van der Waals surface area contributed by atoms with Gasteiger partial charge in [-0.25, -0.2) is 0 Å². The molecule has 0 aliphatic carbocycles. The summed E-state index contributed by atoms with van der Waals surface area (Å²) in [5, 5.41) is 8.69. The van der Waals surface area contributed by atoms with Crippen molar-refractivity contribution in [1.82, 2.24) is 20.0 Å². The quantitative estimate of drug-likeness (QED) is 0.340. The van der Waals surface area contributed by atoms with Crippen molar-refractivity contribution in [2.45, 2.75) is 37.5 Å². The van der Waals surface area contributed by atoms with Crippen molar-refractivity contribution in [1.29, 1.82) is 0 Å². The molecule has 2 saturated heterocycles. The van der Waals surface area contributed by atoms with E-state index in [0.717, 1.165) is 69.6 Å². The summed E-state index contributed by atoms with van der Waals surface area (Å²) in [6.45, 7) is 7.19. The summed E-state index contributed by atoms with van der Waals surface area (Å²) in [6.07, 6.45) is 7.13.